The summed E-state index contributed by atoms with van der Waals surface area (Å²) in [4.78, 5) is 25.8. The van der Waals surface area contributed by atoms with Crippen molar-refractivity contribution in [3.05, 3.63) is 41.7 Å². The first-order valence-corrected chi connectivity index (χ1v) is 9.85. The molecule has 2 N–H and O–H groups in total. The van der Waals surface area contributed by atoms with Gasteiger partial charge in [0, 0.05) is 49.8 Å². The van der Waals surface area contributed by atoms with Crippen LogP contribution >= 0.6 is 0 Å². The smallest absolute Gasteiger partial charge is 0.270 e. The van der Waals surface area contributed by atoms with Crippen molar-refractivity contribution >= 4 is 23.2 Å². The molecule has 1 aromatic carbocycles. The molecule has 2 heterocycles. The van der Waals surface area contributed by atoms with E-state index in [1.165, 1.54) is 5.69 Å². The van der Waals surface area contributed by atoms with Crippen LogP contribution in [-0.4, -0.2) is 60.5 Å². The Bertz CT molecular complexity index is 797. The van der Waals surface area contributed by atoms with Crippen LogP contribution in [0.5, 0.6) is 0 Å². The second-order valence-corrected chi connectivity index (χ2v) is 7.78. The van der Waals surface area contributed by atoms with Crippen molar-refractivity contribution in [2.24, 2.45) is 5.92 Å². The zero-order valence-electron chi connectivity index (χ0n) is 17.2. The van der Waals surface area contributed by atoms with Crippen LogP contribution in [0.25, 0.3) is 0 Å². The number of aryl methyl sites for hydroxylation is 1. The predicted octanol–water partition coefficient (Wildman–Crippen LogP) is 2.67. The molecule has 0 bridgehead atoms. The molecule has 0 saturated carbocycles. The molecule has 3 rings (SSSR count). The molecule has 1 aromatic heterocycles. The number of carbonyl (C=O) groups excluding carboxylic acids is 1. The molecule has 0 unspecified atom stereocenters. The highest BCUT2D eigenvalue weighted by Crippen LogP contribution is 2.21. The molecular formula is C21H30N6O. The quantitative estimate of drug-likeness (QED) is 0.800. The molecule has 7 nitrogen and oxygen atoms in total. The van der Waals surface area contributed by atoms with Gasteiger partial charge in [-0.25, -0.2) is 9.97 Å². The molecule has 0 aliphatic carbocycles. The molecule has 7 heteroatoms. The maximum atomic E-state index is 12.3. The van der Waals surface area contributed by atoms with Crippen molar-refractivity contribution in [1.29, 1.82) is 0 Å². The van der Waals surface area contributed by atoms with Crippen LogP contribution in [0.15, 0.2) is 30.3 Å². The van der Waals surface area contributed by atoms with Crippen molar-refractivity contribution in [2.45, 2.75) is 20.8 Å². The van der Waals surface area contributed by atoms with E-state index < -0.39 is 0 Å². The largest absolute Gasteiger partial charge is 0.369 e. The van der Waals surface area contributed by atoms with Crippen LogP contribution in [0.3, 0.4) is 0 Å². The maximum absolute atomic E-state index is 12.3. The van der Waals surface area contributed by atoms with Crippen LogP contribution in [0.2, 0.25) is 0 Å². The van der Waals surface area contributed by atoms with Gasteiger partial charge in [0.15, 0.2) is 0 Å². The van der Waals surface area contributed by atoms with Gasteiger partial charge >= 0.3 is 0 Å². The molecule has 0 radical (unpaired) electrons. The first-order chi connectivity index (χ1) is 13.4. The summed E-state index contributed by atoms with van der Waals surface area (Å²) in [5.41, 5.74) is 3.25. The van der Waals surface area contributed by atoms with E-state index in [1.54, 1.807) is 6.07 Å². The Labute approximate surface area is 167 Å². The van der Waals surface area contributed by atoms with Gasteiger partial charge in [0.05, 0.1) is 0 Å². The van der Waals surface area contributed by atoms with Crippen LogP contribution in [-0.2, 0) is 0 Å². The fraction of sp³-hybridized carbons (Fsp3) is 0.476. The molecule has 1 aliphatic rings. The summed E-state index contributed by atoms with van der Waals surface area (Å²) in [7, 11) is 2.16. The lowest BCUT2D eigenvalue weighted by molar-refractivity contribution is 0.0944. The number of piperazine rings is 1. The number of likely N-dealkylation sites (N-methyl/N-ethyl adjacent to an activating group) is 1. The topological polar surface area (TPSA) is 73.4 Å². The third-order valence-corrected chi connectivity index (χ3v) is 4.75. The van der Waals surface area contributed by atoms with Crippen molar-refractivity contribution in [3.8, 4) is 0 Å². The maximum Gasteiger partial charge on any atom is 0.270 e. The number of carbonyl (C=O) groups is 1. The molecule has 28 heavy (non-hydrogen) atoms. The minimum absolute atomic E-state index is 0.173. The summed E-state index contributed by atoms with van der Waals surface area (Å²) in [6.07, 6.45) is 0. The Morgan fingerprint density at radius 2 is 1.79 bits per heavy atom. The van der Waals surface area contributed by atoms with Gasteiger partial charge in [0.25, 0.3) is 5.91 Å². The molecule has 1 aliphatic heterocycles. The van der Waals surface area contributed by atoms with Crippen LogP contribution in [0, 0.1) is 12.8 Å². The van der Waals surface area contributed by atoms with Gasteiger partial charge in [0.2, 0.25) is 5.95 Å². The number of anilines is 3. The van der Waals surface area contributed by atoms with E-state index in [0.717, 1.165) is 37.6 Å². The molecule has 0 spiro atoms. The average Bonchev–Trinajstić information content (AvgIpc) is 2.67. The average molecular weight is 383 g/mol. The summed E-state index contributed by atoms with van der Waals surface area (Å²) in [6.45, 7) is 10.9. The van der Waals surface area contributed by atoms with Gasteiger partial charge in [-0.1, -0.05) is 13.8 Å². The van der Waals surface area contributed by atoms with Gasteiger partial charge < -0.3 is 20.4 Å². The van der Waals surface area contributed by atoms with E-state index >= 15 is 0 Å². The van der Waals surface area contributed by atoms with Gasteiger partial charge in [-0.3, -0.25) is 4.79 Å². The SMILES string of the molecule is Cc1cc(C(=O)NCC(C)C)nc(Nc2ccc(N3CCN(C)CC3)cc2)n1. The van der Waals surface area contributed by atoms with Gasteiger partial charge in [0.1, 0.15) is 5.69 Å². The summed E-state index contributed by atoms with van der Waals surface area (Å²) in [6, 6.07) is 9.98. The van der Waals surface area contributed by atoms with E-state index in [-0.39, 0.29) is 5.91 Å². The van der Waals surface area contributed by atoms with Gasteiger partial charge in [-0.15, -0.1) is 0 Å². The van der Waals surface area contributed by atoms with E-state index in [2.05, 4.69) is 63.4 Å². The minimum atomic E-state index is -0.173. The van der Waals surface area contributed by atoms with E-state index in [1.807, 2.05) is 19.1 Å². The third kappa shape index (κ3) is 5.42. The van der Waals surface area contributed by atoms with E-state index in [9.17, 15) is 4.79 Å². The zero-order chi connectivity index (χ0) is 20.1. The van der Waals surface area contributed by atoms with Crippen LogP contribution < -0.4 is 15.5 Å². The Balaban J connectivity index is 1.67. The lowest BCUT2D eigenvalue weighted by atomic mass is 10.2. The highest BCUT2D eigenvalue weighted by molar-refractivity contribution is 5.92. The molecule has 1 amide bonds. The predicted molar refractivity (Wildman–Crippen MR) is 113 cm³/mol. The number of aromatic nitrogens is 2. The van der Waals surface area contributed by atoms with Crippen molar-refractivity contribution in [2.75, 3.05) is 50.0 Å². The highest BCUT2D eigenvalue weighted by Gasteiger charge is 2.14. The van der Waals surface area contributed by atoms with Gasteiger partial charge in [-0.05, 0) is 50.2 Å². The Hall–Kier alpha value is -2.67. The van der Waals surface area contributed by atoms with E-state index in [4.69, 9.17) is 0 Å². The molecule has 150 valence electrons. The lowest BCUT2D eigenvalue weighted by Gasteiger charge is -2.34. The number of hydrogen-bond acceptors (Lipinski definition) is 6. The second kappa shape index (κ2) is 9.01. The Kier molecular flexibility index (Phi) is 6.46. The number of hydrogen-bond donors (Lipinski definition) is 2. The second-order valence-electron chi connectivity index (χ2n) is 7.78. The first kappa shape index (κ1) is 20.1. The van der Waals surface area contributed by atoms with Gasteiger partial charge in [-0.2, -0.15) is 0 Å². The van der Waals surface area contributed by atoms with Crippen molar-refractivity contribution < 1.29 is 4.79 Å². The summed E-state index contributed by atoms with van der Waals surface area (Å²) in [5.74, 6) is 0.651. The lowest BCUT2D eigenvalue weighted by Crippen LogP contribution is -2.44. The number of benzene rings is 1. The summed E-state index contributed by atoms with van der Waals surface area (Å²) in [5, 5.41) is 6.11. The zero-order valence-corrected chi connectivity index (χ0v) is 17.2. The fourth-order valence-electron chi connectivity index (χ4n) is 3.08. The summed E-state index contributed by atoms with van der Waals surface area (Å²) < 4.78 is 0. The normalized spacial score (nSPS) is 15.0. The number of nitrogens with zero attached hydrogens (tertiary/aromatic N) is 4. The van der Waals surface area contributed by atoms with E-state index in [0.29, 0.717) is 24.1 Å². The minimum Gasteiger partial charge on any atom is -0.369 e. The first-order valence-electron chi connectivity index (χ1n) is 9.85. The molecule has 1 saturated heterocycles. The third-order valence-electron chi connectivity index (χ3n) is 4.75. The molecule has 2 aromatic rings. The monoisotopic (exact) mass is 382 g/mol. The van der Waals surface area contributed by atoms with Crippen molar-refractivity contribution in [1.82, 2.24) is 20.2 Å². The standard InChI is InChI=1S/C21H30N6O/c1-15(2)14-22-20(28)19-13-16(3)23-21(25-19)24-17-5-7-18(8-6-17)27-11-9-26(4)10-12-27/h5-8,13,15H,9-12,14H2,1-4H3,(H,22,28)(H,23,24,25). The highest BCUT2D eigenvalue weighted by atomic mass is 16.1. The number of amides is 1. The molecule has 1 fully saturated rings. The Morgan fingerprint density at radius 3 is 2.43 bits per heavy atom. The number of nitrogens with one attached hydrogen (secondary N) is 2. The Morgan fingerprint density at radius 1 is 1.11 bits per heavy atom. The van der Waals surface area contributed by atoms with Crippen molar-refractivity contribution in [3.63, 3.8) is 0 Å². The van der Waals surface area contributed by atoms with Crippen LogP contribution in [0.4, 0.5) is 17.3 Å². The molecule has 0 atom stereocenters. The summed E-state index contributed by atoms with van der Waals surface area (Å²) >= 11 is 0. The van der Waals surface area contributed by atoms with Crippen LogP contribution in [0.1, 0.15) is 30.0 Å². The molecular weight excluding hydrogens is 352 g/mol. The fourth-order valence-corrected chi connectivity index (χ4v) is 3.08. The number of rotatable bonds is 6.